The van der Waals surface area contributed by atoms with Gasteiger partial charge in [0.2, 0.25) is 0 Å². The highest BCUT2D eigenvalue weighted by molar-refractivity contribution is 5.35. The van der Waals surface area contributed by atoms with Crippen LogP contribution in [-0.2, 0) is 22.7 Å². The van der Waals surface area contributed by atoms with Gasteiger partial charge in [-0.15, -0.1) is 0 Å². The van der Waals surface area contributed by atoms with Crippen molar-refractivity contribution in [3.8, 4) is 0 Å². The smallest absolute Gasteiger partial charge is 0.0725 e. The van der Waals surface area contributed by atoms with Crippen molar-refractivity contribution < 1.29 is 9.47 Å². The van der Waals surface area contributed by atoms with Crippen LogP contribution < -0.4 is 5.32 Å². The first-order valence-electron chi connectivity index (χ1n) is 7.74. The molecule has 0 spiro atoms. The molecule has 1 atom stereocenters. The van der Waals surface area contributed by atoms with Crippen LogP contribution in [0.5, 0.6) is 0 Å². The van der Waals surface area contributed by atoms with Crippen molar-refractivity contribution in [2.45, 2.75) is 57.5 Å². The molecule has 1 heterocycles. The van der Waals surface area contributed by atoms with Gasteiger partial charge in [-0.2, -0.15) is 0 Å². The normalized spacial score (nSPS) is 21.3. The average molecular weight is 275 g/mol. The summed E-state index contributed by atoms with van der Waals surface area (Å²) in [7, 11) is 1.86. The Morgan fingerprint density at radius 3 is 2.75 bits per heavy atom. The molecule has 3 rings (SSSR count). The first kappa shape index (κ1) is 14.1. The number of benzene rings is 1. The highest BCUT2D eigenvalue weighted by atomic mass is 16.5. The fourth-order valence-corrected chi connectivity index (χ4v) is 3.40. The maximum atomic E-state index is 5.80. The topological polar surface area (TPSA) is 30.5 Å². The molecule has 1 aliphatic carbocycles. The van der Waals surface area contributed by atoms with Crippen LogP contribution in [0.1, 0.15) is 55.3 Å². The van der Waals surface area contributed by atoms with Gasteiger partial charge >= 0.3 is 0 Å². The largest absolute Gasteiger partial charge is 0.378 e. The number of fused-ring (bicyclic) bond motifs is 1. The molecule has 0 bridgehead atoms. The molecule has 1 fully saturated rings. The van der Waals surface area contributed by atoms with Crippen LogP contribution in [0.25, 0.3) is 0 Å². The van der Waals surface area contributed by atoms with E-state index in [0.29, 0.717) is 6.04 Å². The van der Waals surface area contributed by atoms with Crippen molar-refractivity contribution >= 4 is 0 Å². The first-order chi connectivity index (χ1) is 9.76. The molecular weight excluding hydrogens is 250 g/mol. The fourth-order valence-electron chi connectivity index (χ4n) is 3.40. The average Bonchev–Trinajstić information content (AvgIpc) is 2.89. The second kappa shape index (κ2) is 5.84. The van der Waals surface area contributed by atoms with Gasteiger partial charge in [0.15, 0.2) is 0 Å². The van der Waals surface area contributed by atoms with Crippen LogP contribution >= 0.6 is 0 Å². The zero-order chi connectivity index (χ0) is 14.0. The maximum Gasteiger partial charge on any atom is 0.0725 e. The minimum absolute atomic E-state index is 0.0996. The number of hydrogen-bond donors (Lipinski definition) is 1. The zero-order valence-electron chi connectivity index (χ0n) is 12.6. The highest BCUT2D eigenvalue weighted by Gasteiger charge is 2.39. The Balaban J connectivity index is 1.79. The fraction of sp³-hybridized carbons (Fsp3) is 0.647. The summed E-state index contributed by atoms with van der Waals surface area (Å²) in [5.41, 5.74) is 4.17. The number of nitrogens with one attached hydrogen (secondary N) is 1. The van der Waals surface area contributed by atoms with Gasteiger partial charge in [-0.1, -0.05) is 25.1 Å². The second-order valence-electron chi connectivity index (χ2n) is 6.08. The summed E-state index contributed by atoms with van der Waals surface area (Å²) in [5, 5.41) is 3.63. The Labute approximate surface area is 121 Å². The number of rotatable bonds is 6. The standard InChI is InChI=1S/C17H25NO2/c1-3-18-16(10-17(19-2)7-4-8-17)13-5-6-14-11-20-12-15(14)9-13/h5-6,9,16,18H,3-4,7-8,10-12H2,1-2H3. The molecule has 1 N–H and O–H groups in total. The number of ether oxygens (including phenoxy) is 2. The summed E-state index contributed by atoms with van der Waals surface area (Å²) in [6, 6.07) is 7.18. The quantitative estimate of drug-likeness (QED) is 0.864. The molecule has 110 valence electrons. The predicted molar refractivity (Wildman–Crippen MR) is 79.6 cm³/mol. The second-order valence-corrected chi connectivity index (χ2v) is 6.08. The van der Waals surface area contributed by atoms with Gasteiger partial charge in [0.1, 0.15) is 0 Å². The Morgan fingerprint density at radius 1 is 1.30 bits per heavy atom. The van der Waals surface area contributed by atoms with E-state index in [9.17, 15) is 0 Å². The lowest BCUT2D eigenvalue weighted by Gasteiger charge is -2.43. The van der Waals surface area contributed by atoms with E-state index in [1.165, 1.54) is 36.0 Å². The van der Waals surface area contributed by atoms with Gasteiger partial charge < -0.3 is 14.8 Å². The van der Waals surface area contributed by atoms with Gasteiger partial charge in [0.25, 0.3) is 0 Å². The van der Waals surface area contributed by atoms with Crippen LogP contribution in [0.2, 0.25) is 0 Å². The van der Waals surface area contributed by atoms with Crippen molar-refractivity contribution in [3.05, 3.63) is 34.9 Å². The molecule has 1 unspecified atom stereocenters. The molecule has 2 aliphatic rings. The van der Waals surface area contributed by atoms with E-state index in [0.717, 1.165) is 26.2 Å². The van der Waals surface area contributed by atoms with Crippen LogP contribution in [0.3, 0.4) is 0 Å². The third kappa shape index (κ3) is 2.62. The van der Waals surface area contributed by atoms with Crippen molar-refractivity contribution in [2.24, 2.45) is 0 Å². The highest BCUT2D eigenvalue weighted by Crippen LogP contribution is 2.42. The van der Waals surface area contributed by atoms with Crippen molar-refractivity contribution in [1.29, 1.82) is 0 Å². The van der Waals surface area contributed by atoms with Crippen molar-refractivity contribution in [2.75, 3.05) is 13.7 Å². The van der Waals surface area contributed by atoms with Crippen molar-refractivity contribution in [3.63, 3.8) is 0 Å². The molecular formula is C17H25NO2. The van der Waals surface area contributed by atoms with Gasteiger partial charge in [-0.25, -0.2) is 0 Å². The Morgan fingerprint density at radius 2 is 2.10 bits per heavy atom. The third-order valence-electron chi connectivity index (χ3n) is 4.87. The summed E-state index contributed by atoms with van der Waals surface area (Å²) in [5.74, 6) is 0. The number of hydrogen-bond acceptors (Lipinski definition) is 3. The summed E-state index contributed by atoms with van der Waals surface area (Å²) >= 11 is 0. The van der Waals surface area contributed by atoms with E-state index < -0.39 is 0 Å². The monoisotopic (exact) mass is 275 g/mol. The summed E-state index contributed by atoms with van der Waals surface area (Å²) in [6.45, 7) is 4.68. The lowest BCUT2D eigenvalue weighted by atomic mass is 9.74. The predicted octanol–water partition coefficient (Wildman–Crippen LogP) is 3.33. The molecule has 1 aromatic carbocycles. The van der Waals surface area contributed by atoms with Crippen LogP contribution in [0.15, 0.2) is 18.2 Å². The molecule has 0 aromatic heterocycles. The molecule has 0 amide bonds. The van der Waals surface area contributed by atoms with E-state index in [1.807, 2.05) is 7.11 Å². The molecule has 1 aliphatic heterocycles. The van der Waals surface area contributed by atoms with Crippen molar-refractivity contribution in [1.82, 2.24) is 5.32 Å². The Hall–Kier alpha value is -0.900. The van der Waals surface area contributed by atoms with Gasteiger partial charge in [0, 0.05) is 13.2 Å². The van der Waals surface area contributed by atoms with E-state index in [1.54, 1.807) is 0 Å². The molecule has 20 heavy (non-hydrogen) atoms. The van der Waals surface area contributed by atoms with E-state index in [-0.39, 0.29) is 5.60 Å². The minimum Gasteiger partial charge on any atom is -0.378 e. The van der Waals surface area contributed by atoms with Crippen LogP contribution in [-0.4, -0.2) is 19.3 Å². The number of methoxy groups -OCH3 is 1. The van der Waals surface area contributed by atoms with Gasteiger partial charge in [-0.3, -0.25) is 0 Å². The van der Waals surface area contributed by atoms with Crippen LogP contribution in [0.4, 0.5) is 0 Å². The molecule has 0 radical (unpaired) electrons. The molecule has 1 aromatic rings. The summed E-state index contributed by atoms with van der Waals surface area (Å²) in [6.07, 6.45) is 4.75. The summed E-state index contributed by atoms with van der Waals surface area (Å²) < 4.78 is 11.3. The molecule has 3 nitrogen and oxygen atoms in total. The molecule has 0 saturated heterocycles. The minimum atomic E-state index is 0.0996. The van der Waals surface area contributed by atoms with Gasteiger partial charge in [0.05, 0.1) is 18.8 Å². The summed E-state index contributed by atoms with van der Waals surface area (Å²) in [4.78, 5) is 0. The van der Waals surface area contributed by atoms with E-state index in [4.69, 9.17) is 9.47 Å². The Kier molecular flexibility index (Phi) is 4.11. The van der Waals surface area contributed by atoms with Crippen LogP contribution in [0, 0.1) is 0 Å². The van der Waals surface area contributed by atoms with E-state index >= 15 is 0 Å². The third-order valence-corrected chi connectivity index (χ3v) is 4.87. The SMILES string of the molecule is CCNC(CC1(OC)CCC1)c1ccc2c(c1)COC2. The lowest BCUT2D eigenvalue weighted by molar-refractivity contribution is -0.0837. The molecule has 3 heteroatoms. The zero-order valence-corrected chi connectivity index (χ0v) is 12.6. The molecule has 1 saturated carbocycles. The maximum absolute atomic E-state index is 5.80. The Bertz CT molecular complexity index is 463. The lowest BCUT2D eigenvalue weighted by Crippen LogP contribution is -2.42. The first-order valence-corrected chi connectivity index (χ1v) is 7.74. The van der Waals surface area contributed by atoms with E-state index in [2.05, 4.69) is 30.4 Å². The van der Waals surface area contributed by atoms with Gasteiger partial charge in [-0.05, 0) is 48.9 Å².